The van der Waals surface area contributed by atoms with Gasteiger partial charge in [-0.05, 0) is 43.5 Å². The van der Waals surface area contributed by atoms with E-state index in [1.165, 1.54) is 26.4 Å². The highest BCUT2D eigenvalue weighted by Gasteiger charge is 2.13. The van der Waals surface area contributed by atoms with Crippen LogP contribution in [-0.2, 0) is 0 Å². The van der Waals surface area contributed by atoms with E-state index in [1.807, 2.05) is 0 Å². The van der Waals surface area contributed by atoms with E-state index in [2.05, 4.69) is 51.1 Å². The predicted octanol–water partition coefficient (Wildman–Crippen LogP) is 3.72. The molecule has 0 saturated heterocycles. The van der Waals surface area contributed by atoms with E-state index >= 15 is 0 Å². The summed E-state index contributed by atoms with van der Waals surface area (Å²) < 4.78 is 0. The topological polar surface area (TPSA) is 26.0 Å². The Hall–Kier alpha value is -1.12. The molecule has 2 heteroatoms. The Morgan fingerprint density at radius 2 is 1.75 bits per heavy atom. The third-order valence-electron chi connectivity index (χ3n) is 3.02. The molecule has 1 atom stereocenters. The first kappa shape index (κ1) is 11.4. The lowest BCUT2D eigenvalue weighted by Gasteiger charge is -2.12. The van der Waals surface area contributed by atoms with Crippen molar-refractivity contribution in [1.29, 1.82) is 0 Å². The van der Waals surface area contributed by atoms with E-state index in [9.17, 15) is 0 Å². The van der Waals surface area contributed by atoms with Crippen LogP contribution >= 0.6 is 11.3 Å². The molecule has 0 spiro atoms. The van der Waals surface area contributed by atoms with Gasteiger partial charge in [-0.25, -0.2) is 0 Å². The van der Waals surface area contributed by atoms with Gasteiger partial charge in [0.1, 0.15) is 0 Å². The van der Waals surface area contributed by atoms with Gasteiger partial charge >= 0.3 is 0 Å². The van der Waals surface area contributed by atoms with Gasteiger partial charge in [-0.15, -0.1) is 11.3 Å². The van der Waals surface area contributed by atoms with Crippen LogP contribution in [0.4, 0.5) is 0 Å². The van der Waals surface area contributed by atoms with Crippen LogP contribution in [0.15, 0.2) is 30.3 Å². The highest BCUT2D eigenvalue weighted by atomic mass is 32.1. The highest BCUT2D eigenvalue weighted by Crippen LogP contribution is 2.30. The lowest BCUT2D eigenvalue weighted by molar-refractivity contribution is 0.882. The molecule has 0 radical (unpaired) electrons. The third kappa shape index (κ3) is 2.04. The van der Waals surface area contributed by atoms with Crippen molar-refractivity contribution in [3.05, 3.63) is 56.8 Å². The number of hydrogen-bond acceptors (Lipinski definition) is 2. The molecule has 0 aliphatic rings. The van der Waals surface area contributed by atoms with Gasteiger partial charge in [0.05, 0.1) is 6.04 Å². The third-order valence-corrected chi connectivity index (χ3v) is 4.25. The lowest BCUT2D eigenvalue weighted by Crippen LogP contribution is -2.11. The van der Waals surface area contributed by atoms with E-state index in [0.29, 0.717) is 0 Å². The van der Waals surface area contributed by atoms with Crippen molar-refractivity contribution in [2.45, 2.75) is 26.8 Å². The predicted molar refractivity (Wildman–Crippen MR) is 71.0 cm³/mol. The van der Waals surface area contributed by atoms with E-state index in [-0.39, 0.29) is 6.04 Å². The zero-order chi connectivity index (χ0) is 11.7. The second-order valence-electron chi connectivity index (χ2n) is 4.22. The fourth-order valence-corrected chi connectivity index (χ4v) is 2.91. The van der Waals surface area contributed by atoms with Crippen molar-refractivity contribution in [1.82, 2.24) is 0 Å². The van der Waals surface area contributed by atoms with Crippen molar-refractivity contribution in [3.63, 3.8) is 0 Å². The summed E-state index contributed by atoms with van der Waals surface area (Å²) in [6.45, 7) is 6.40. The molecule has 84 valence electrons. The number of rotatable bonds is 2. The van der Waals surface area contributed by atoms with Gasteiger partial charge in [0.2, 0.25) is 0 Å². The summed E-state index contributed by atoms with van der Waals surface area (Å²) in [5, 5.41) is 0. The maximum absolute atomic E-state index is 6.31. The van der Waals surface area contributed by atoms with Crippen LogP contribution in [-0.4, -0.2) is 0 Å². The fraction of sp³-hybridized carbons (Fsp3) is 0.286. The summed E-state index contributed by atoms with van der Waals surface area (Å²) in [5.74, 6) is 0. The Bertz CT molecular complexity index is 480. The first-order valence-corrected chi connectivity index (χ1v) is 6.29. The number of aryl methyl sites for hydroxylation is 3. The number of nitrogens with two attached hydrogens (primary N) is 1. The molecule has 1 heterocycles. The molecule has 0 fully saturated rings. The minimum Gasteiger partial charge on any atom is -0.320 e. The van der Waals surface area contributed by atoms with E-state index in [4.69, 9.17) is 5.73 Å². The summed E-state index contributed by atoms with van der Waals surface area (Å²) in [5.41, 5.74) is 10.1. The number of hydrogen-bond donors (Lipinski definition) is 1. The molecule has 0 saturated carbocycles. The van der Waals surface area contributed by atoms with Crippen LogP contribution in [0.25, 0.3) is 0 Å². The molecule has 16 heavy (non-hydrogen) atoms. The summed E-state index contributed by atoms with van der Waals surface area (Å²) >= 11 is 1.80. The zero-order valence-electron chi connectivity index (χ0n) is 9.95. The van der Waals surface area contributed by atoms with Crippen molar-refractivity contribution in [2.75, 3.05) is 0 Å². The minimum atomic E-state index is 0.0126. The standard InChI is InChI=1S/C14H17NS/c1-9-6-4-5-7-12(9)14(15)13-8-10(2)11(3)16-13/h4-8,14H,15H2,1-3H3. The maximum Gasteiger partial charge on any atom is 0.0648 e. The second-order valence-corrected chi connectivity index (χ2v) is 5.51. The molecule has 0 aliphatic heterocycles. The van der Waals surface area contributed by atoms with Crippen LogP contribution in [0, 0.1) is 20.8 Å². The van der Waals surface area contributed by atoms with E-state index in [1.54, 1.807) is 11.3 Å². The van der Waals surface area contributed by atoms with Gasteiger partial charge in [-0.3, -0.25) is 0 Å². The van der Waals surface area contributed by atoms with Crippen LogP contribution in [0.2, 0.25) is 0 Å². The van der Waals surface area contributed by atoms with E-state index < -0.39 is 0 Å². The summed E-state index contributed by atoms with van der Waals surface area (Å²) in [7, 11) is 0. The highest BCUT2D eigenvalue weighted by molar-refractivity contribution is 7.12. The smallest absolute Gasteiger partial charge is 0.0648 e. The molecule has 1 unspecified atom stereocenters. The summed E-state index contributed by atoms with van der Waals surface area (Å²) in [6, 6.07) is 10.6. The molecule has 2 N–H and O–H groups in total. The Balaban J connectivity index is 2.39. The fourth-order valence-electron chi connectivity index (χ4n) is 1.84. The van der Waals surface area contributed by atoms with E-state index in [0.717, 1.165) is 0 Å². The molecular formula is C14H17NS. The van der Waals surface area contributed by atoms with Crippen LogP contribution in [0.5, 0.6) is 0 Å². The molecule has 2 aromatic rings. The Morgan fingerprint density at radius 3 is 2.31 bits per heavy atom. The van der Waals surface area contributed by atoms with Crippen LogP contribution in [0.1, 0.15) is 32.5 Å². The quantitative estimate of drug-likeness (QED) is 0.837. The van der Waals surface area contributed by atoms with Gasteiger partial charge in [0, 0.05) is 9.75 Å². The average molecular weight is 231 g/mol. The molecule has 1 aromatic carbocycles. The van der Waals surface area contributed by atoms with Gasteiger partial charge in [0.15, 0.2) is 0 Å². The lowest BCUT2D eigenvalue weighted by atomic mass is 10.0. The maximum atomic E-state index is 6.31. The molecule has 1 nitrogen and oxygen atoms in total. The number of benzene rings is 1. The van der Waals surface area contributed by atoms with Gasteiger partial charge in [-0.2, -0.15) is 0 Å². The molecule has 1 aromatic heterocycles. The van der Waals surface area contributed by atoms with Crippen molar-refractivity contribution in [3.8, 4) is 0 Å². The molecule has 0 aliphatic carbocycles. The van der Waals surface area contributed by atoms with Crippen molar-refractivity contribution >= 4 is 11.3 Å². The SMILES string of the molecule is Cc1ccccc1C(N)c1cc(C)c(C)s1. The molecule has 0 amide bonds. The van der Waals surface area contributed by atoms with Crippen molar-refractivity contribution in [2.24, 2.45) is 5.73 Å². The van der Waals surface area contributed by atoms with Gasteiger partial charge in [0.25, 0.3) is 0 Å². The first-order valence-electron chi connectivity index (χ1n) is 5.47. The average Bonchev–Trinajstić information content (AvgIpc) is 2.59. The Morgan fingerprint density at radius 1 is 1.06 bits per heavy atom. The summed E-state index contributed by atoms with van der Waals surface area (Å²) in [4.78, 5) is 2.61. The number of thiophene rings is 1. The first-order chi connectivity index (χ1) is 7.59. The van der Waals surface area contributed by atoms with Crippen LogP contribution < -0.4 is 5.73 Å². The minimum absolute atomic E-state index is 0.0126. The molecule has 0 bridgehead atoms. The summed E-state index contributed by atoms with van der Waals surface area (Å²) in [6.07, 6.45) is 0. The second kappa shape index (κ2) is 4.40. The molecular weight excluding hydrogens is 214 g/mol. The van der Waals surface area contributed by atoms with Crippen molar-refractivity contribution < 1.29 is 0 Å². The normalized spacial score (nSPS) is 12.8. The zero-order valence-corrected chi connectivity index (χ0v) is 10.8. The van der Waals surface area contributed by atoms with Gasteiger partial charge in [-0.1, -0.05) is 24.3 Å². The Labute approximate surface area is 101 Å². The van der Waals surface area contributed by atoms with Crippen LogP contribution in [0.3, 0.4) is 0 Å². The Kier molecular flexibility index (Phi) is 3.13. The largest absolute Gasteiger partial charge is 0.320 e. The monoisotopic (exact) mass is 231 g/mol. The van der Waals surface area contributed by atoms with Gasteiger partial charge < -0.3 is 5.73 Å². The molecule has 2 rings (SSSR count).